The highest BCUT2D eigenvalue weighted by Crippen LogP contribution is 2.35. The van der Waals surface area contributed by atoms with Gasteiger partial charge < -0.3 is 11.1 Å². The van der Waals surface area contributed by atoms with E-state index in [1.165, 1.54) is 35.9 Å². The second-order valence-corrected chi connectivity index (χ2v) is 9.68. The molecule has 1 aromatic carbocycles. The van der Waals surface area contributed by atoms with Gasteiger partial charge in [-0.1, -0.05) is 17.8 Å². The molecule has 3 aliphatic heterocycles. The van der Waals surface area contributed by atoms with E-state index in [2.05, 4.69) is 17.1 Å². The molecule has 2 bridgehead atoms. The fourth-order valence-electron chi connectivity index (χ4n) is 4.09. The Balaban J connectivity index is 1.42. The van der Waals surface area contributed by atoms with E-state index in [4.69, 9.17) is 5.73 Å². The van der Waals surface area contributed by atoms with E-state index in [9.17, 15) is 9.59 Å². The maximum atomic E-state index is 12.8. The quantitative estimate of drug-likeness (QED) is 0.807. The largest absolute Gasteiger partial charge is 0.366 e. The number of primary amides is 1. The molecule has 3 N–H and O–H groups in total. The molecule has 7 heteroatoms. The van der Waals surface area contributed by atoms with Crippen LogP contribution in [0.5, 0.6) is 0 Å². The van der Waals surface area contributed by atoms with Crippen LogP contribution in [0.2, 0.25) is 0 Å². The van der Waals surface area contributed by atoms with Crippen molar-refractivity contribution in [3.05, 3.63) is 46.8 Å². The summed E-state index contributed by atoms with van der Waals surface area (Å²) in [7, 11) is 0. The van der Waals surface area contributed by atoms with E-state index >= 15 is 0 Å². The average molecular weight is 402 g/mol. The van der Waals surface area contributed by atoms with Gasteiger partial charge in [-0.25, -0.2) is 0 Å². The number of nitrogens with zero attached hydrogens (tertiary/aromatic N) is 1. The number of amides is 2. The molecule has 1 aromatic heterocycles. The van der Waals surface area contributed by atoms with Gasteiger partial charge in [-0.3, -0.25) is 14.5 Å². The third-order valence-electron chi connectivity index (χ3n) is 5.62. The van der Waals surface area contributed by atoms with Gasteiger partial charge in [0.25, 0.3) is 5.91 Å². The molecule has 0 spiro atoms. The van der Waals surface area contributed by atoms with Crippen LogP contribution in [0.25, 0.3) is 0 Å². The molecule has 3 fully saturated rings. The van der Waals surface area contributed by atoms with E-state index in [-0.39, 0.29) is 11.9 Å². The lowest BCUT2D eigenvalue weighted by Crippen LogP contribution is -2.62. The average Bonchev–Trinajstić information content (AvgIpc) is 3.14. The van der Waals surface area contributed by atoms with E-state index in [0.29, 0.717) is 17.5 Å². The Labute approximate surface area is 167 Å². The van der Waals surface area contributed by atoms with Gasteiger partial charge in [0.2, 0.25) is 5.91 Å². The Hall–Kier alpha value is -1.83. The first-order valence-electron chi connectivity index (χ1n) is 9.24. The van der Waals surface area contributed by atoms with Crippen LogP contribution in [0.4, 0.5) is 0 Å². The lowest BCUT2D eigenvalue weighted by Gasteiger charge is -2.49. The van der Waals surface area contributed by atoms with Gasteiger partial charge in [0.1, 0.15) is 0 Å². The predicted molar refractivity (Wildman–Crippen MR) is 108 cm³/mol. The van der Waals surface area contributed by atoms with Crippen molar-refractivity contribution in [1.82, 2.24) is 10.2 Å². The Kier molecular flexibility index (Phi) is 5.25. The fraction of sp³-hybridized carbons (Fsp3) is 0.400. The predicted octanol–water partition coefficient (Wildman–Crippen LogP) is 3.21. The van der Waals surface area contributed by atoms with Crippen LogP contribution < -0.4 is 11.1 Å². The highest BCUT2D eigenvalue weighted by molar-refractivity contribution is 8.01. The Morgan fingerprint density at radius 3 is 2.70 bits per heavy atom. The van der Waals surface area contributed by atoms with Crippen LogP contribution >= 0.6 is 23.1 Å². The molecule has 0 aliphatic carbocycles. The van der Waals surface area contributed by atoms with Crippen molar-refractivity contribution in [2.45, 2.75) is 41.0 Å². The summed E-state index contributed by atoms with van der Waals surface area (Å²) < 4.78 is 1.02. The Bertz CT molecular complexity index is 856. The van der Waals surface area contributed by atoms with E-state index in [1.807, 2.05) is 24.3 Å². The first kappa shape index (κ1) is 18.5. The standard InChI is InChI=1S/C20H23N3O2S2/c1-12-18(13-7-9-23(12)10-8-13)22-20(25)16-5-6-17(27-16)26-15-4-2-3-14(11-15)19(21)24/h2-6,11-13,18H,7-10H2,1H3,(H2,21,24)(H,22,25)/t12-,18+/m1/s1. The molecule has 0 saturated carbocycles. The maximum absolute atomic E-state index is 12.8. The summed E-state index contributed by atoms with van der Waals surface area (Å²) in [5.74, 6) is 0.179. The number of nitrogens with two attached hydrogens (primary N) is 1. The summed E-state index contributed by atoms with van der Waals surface area (Å²) in [5, 5.41) is 3.28. The number of carbonyl (C=O) groups is 2. The normalized spacial score (nSPS) is 26.7. The first-order valence-corrected chi connectivity index (χ1v) is 10.9. The number of nitrogens with one attached hydrogen (secondary N) is 1. The number of carbonyl (C=O) groups excluding carboxylic acids is 2. The topological polar surface area (TPSA) is 75.4 Å². The molecule has 0 radical (unpaired) electrons. The number of thiophene rings is 1. The molecule has 4 heterocycles. The lowest BCUT2D eigenvalue weighted by atomic mass is 9.79. The summed E-state index contributed by atoms with van der Waals surface area (Å²) in [5.41, 5.74) is 5.84. The third-order valence-corrected chi connectivity index (χ3v) is 7.82. The minimum absolute atomic E-state index is 0.0170. The molecule has 0 unspecified atom stereocenters. The zero-order valence-electron chi connectivity index (χ0n) is 15.2. The molecule has 2 aromatic rings. The minimum atomic E-state index is -0.435. The highest BCUT2D eigenvalue weighted by atomic mass is 32.2. The van der Waals surface area contributed by atoms with Gasteiger partial charge in [0.15, 0.2) is 0 Å². The van der Waals surface area contributed by atoms with Gasteiger partial charge >= 0.3 is 0 Å². The molecular weight excluding hydrogens is 378 g/mol. The third kappa shape index (κ3) is 3.90. The molecule has 5 nitrogen and oxygen atoms in total. The monoisotopic (exact) mass is 401 g/mol. The minimum Gasteiger partial charge on any atom is -0.366 e. The van der Waals surface area contributed by atoms with Crippen LogP contribution in [-0.2, 0) is 0 Å². The van der Waals surface area contributed by atoms with E-state index in [0.717, 1.165) is 27.1 Å². The number of hydrogen-bond donors (Lipinski definition) is 2. The molecule has 2 atom stereocenters. The number of rotatable bonds is 5. The van der Waals surface area contributed by atoms with Crippen molar-refractivity contribution in [1.29, 1.82) is 0 Å². The summed E-state index contributed by atoms with van der Waals surface area (Å²) in [4.78, 5) is 28.2. The molecule has 3 aliphatic rings. The van der Waals surface area contributed by atoms with E-state index < -0.39 is 5.91 Å². The highest BCUT2D eigenvalue weighted by Gasteiger charge is 2.40. The number of hydrogen-bond acceptors (Lipinski definition) is 5. The summed E-state index contributed by atoms with van der Waals surface area (Å²) in [6, 6.07) is 11.7. The molecule has 5 rings (SSSR count). The van der Waals surface area contributed by atoms with Crippen molar-refractivity contribution < 1.29 is 9.59 Å². The molecular formula is C20H23N3O2S2. The molecule has 142 valence electrons. The summed E-state index contributed by atoms with van der Waals surface area (Å²) >= 11 is 3.02. The zero-order valence-corrected chi connectivity index (χ0v) is 16.8. The summed E-state index contributed by atoms with van der Waals surface area (Å²) in [6.45, 7) is 4.53. The molecule has 3 saturated heterocycles. The smallest absolute Gasteiger partial charge is 0.261 e. The van der Waals surface area contributed by atoms with Crippen molar-refractivity contribution in [3.8, 4) is 0 Å². The van der Waals surface area contributed by atoms with Gasteiger partial charge in [-0.15, -0.1) is 11.3 Å². The van der Waals surface area contributed by atoms with Gasteiger partial charge in [0.05, 0.1) is 9.09 Å². The van der Waals surface area contributed by atoms with Gasteiger partial charge in [0, 0.05) is 22.5 Å². The Morgan fingerprint density at radius 1 is 1.22 bits per heavy atom. The molecule has 27 heavy (non-hydrogen) atoms. The van der Waals surface area contributed by atoms with Crippen LogP contribution in [0.15, 0.2) is 45.5 Å². The fourth-order valence-corrected chi connectivity index (χ4v) is 6.16. The lowest BCUT2D eigenvalue weighted by molar-refractivity contribution is 0.0218. The Morgan fingerprint density at radius 2 is 2.00 bits per heavy atom. The number of piperidine rings is 3. The second-order valence-electron chi connectivity index (χ2n) is 7.23. The SMILES string of the molecule is C[C@@H]1[C@H](NC(=O)c2ccc(Sc3cccc(C(N)=O)c3)s2)C2CCN1CC2. The van der Waals surface area contributed by atoms with Crippen molar-refractivity contribution >= 4 is 34.9 Å². The van der Waals surface area contributed by atoms with Crippen molar-refractivity contribution in [3.63, 3.8) is 0 Å². The maximum Gasteiger partial charge on any atom is 0.261 e. The van der Waals surface area contributed by atoms with Gasteiger partial charge in [-0.05, 0) is 69.1 Å². The molecule has 2 amide bonds. The summed E-state index contributed by atoms with van der Waals surface area (Å²) in [6.07, 6.45) is 2.36. The second kappa shape index (κ2) is 7.66. The van der Waals surface area contributed by atoms with Gasteiger partial charge in [-0.2, -0.15) is 0 Å². The van der Waals surface area contributed by atoms with Crippen LogP contribution in [0.1, 0.15) is 39.8 Å². The van der Waals surface area contributed by atoms with Crippen LogP contribution in [0.3, 0.4) is 0 Å². The van der Waals surface area contributed by atoms with Crippen molar-refractivity contribution in [2.24, 2.45) is 11.7 Å². The number of fused-ring (bicyclic) bond motifs is 3. The first-order chi connectivity index (χ1) is 13.0. The van der Waals surface area contributed by atoms with Crippen LogP contribution in [-0.4, -0.2) is 41.9 Å². The van der Waals surface area contributed by atoms with Crippen molar-refractivity contribution in [2.75, 3.05) is 13.1 Å². The zero-order chi connectivity index (χ0) is 19.0. The van der Waals surface area contributed by atoms with E-state index in [1.54, 1.807) is 12.1 Å². The number of benzene rings is 1. The van der Waals surface area contributed by atoms with Crippen LogP contribution in [0, 0.1) is 5.92 Å².